The third kappa shape index (κ3) is 3.61. The lowest BCUT2D eigenvalue weighted by Gasteiger charge is -2.23. The standard InChI is InChI=1S/C12H16N2O/c1-11-4-2-5-12(10-11)14(8-9-15)7-3-6-13/h2,4-5,10,15H,3,7-9H2,1H3. The topological polar surface area (TPSA) is 47.3 Å². The van der Waals surface area contributed by atoms with Gasteiger partial charge in [0.15, 0.2) is 0 Å². The molecule has 0 amide bonds. The molecule has 0 aliphatic heterocycles. The Labute approximate surface area is 90.6 Å². The fraction of sp³-hybridized carbons (Fsp3) is 0.417. The van der Waals surface area contributed by atoms with E-state index in [1.165, 1.54) is 5.56 Å². The summed E-state index contributed by atoms with van der Waals surface area (Å²) in [6.07, 6.45) is 0.480. The molecule has 1 N–H and O–H groups in total. The zero-order chi connectivity index (χ0) is 11.1. The normalized spacial score (nSPS) is 9.67. The van der Waals surface area contributed by atoms with Gasteiger partial charge < -0.3 is 10.0 Å². The number of hydrogen-bond donors (Lipinski definition) is 1. The molecule has 1 aromatic rings. The van der Waals surface area contributed by atoms with Crippen LogP contribution in [0.5, 0.6) is 0 Å². The minimum Gasteiger partial charge on any atom is -0.395 e. The highest BCUT2D eigenvalue weighted by molar-refractivity contribution is 5.48. The molecule has 0 saturated carbocycles. The van der Waals surface area contributed by atoms with Gasteiger partial charge in [0.05, 0.1) is 19.1 Å². The van der Waals surface area contributed by atoms with Gasteiger partial charge in [0.2, 0.25) is 0 Å². The molecule has 15 heavy (non-hydrogen) atoms. The number of nitrogens with zero attached hydrogens (tertiary/aromatic N) is 2. The zero-order valence-corrected chi connectivity index (χ0v) is 8.98. The lowest BCUT2D eigenvalue weighted by Crippen LogP contribution is -2.27. The number of aliphatic hydroxyl groups excluding tert-OH is 1. The van der Waals surface area contributed by atoms with Crippen molar-refractivity contribution in [1.82, 2.24) is 0 Å². The van der Waals surface area contributed by atoms with Crippen LogP contribution in [0.3, 0.4) is 0 Å². The van der Waals surface area contributed by atoms with E-state index < -0.39 is 0 Å². The van der Waals surface area contributed by atoms with Gasteiger partial charge in [-0.1, -0.05) is 12.1 Å². The Kier molecular flexibility index (Phi) is 4.65. The number of benzene rings is 1. The summed E-state index contributed by atoms with van der Waals surface area (Å²) < 4.78 is 0. The van der Waals surface area contributed by atoms with Gasteiger partial charge in [-0.15, -0.1) is 0 Å². The van der Waals surface area contributed by atoms with Crippen molar-refractivity contribution < 1.29 is 5.11 Å². The van der Waals surface area contributed by atoms with Crippen LogP contribution in [0.1, 0.15) is 12.0 Å². The van der Waals surface area contributed by atoms with Crippen LogP contribution in [0, 0.1) is 18.3 Å². The zero-order valence-electron chi connectivity index (χ0n) is 8.98. The smallest absolute Gasteiger partial charge is 0.0640 e. The summed E-state index contributed by atoms with van der Waals surface area (Å²) in [5.41, 5.74) is 2.26. The first-order chi connectivity index (χ1) is 7.27. The summed E-state index contributed by atoms with van der Waals surface area (Å²) in [6.45, 7) is 3.38. The molecule has 0 atom stereocenters. The quantitative estimate of drug-likeness (QED) is 0.794. The minimum atomic E-state index is 0.110. The van der Waals surface area contributed by atoms with E-state index in [1.54, 1.807) is 0 Å². The van der Waals surface area contributed by atoms with E-state index in [1.807, 2.05) is 30.0 Å². The van der Waals surface area contributed by atoms with Crippen molar-refractivity contribution in [1.29, 1.82) is 5.26 Å². The van der Waals surface area contributed by atoms with Gasteiger partial charge >= 0.3 is 0 Å². The maximum atomic E-state index is 8.94. The van der Waals surface area contributed by atoms with Crippen LogP contribution < -0.4 is 4.90 Å². The Morgan fingerprint density at radius 2 is 2.20 bits per heavy atom. The summed E-state index contributed by atoms with van der Waals surface area (Å²) in [5.74, 6) is 0. The molecule has 80 valence electrons. The molecule has 1 rings (SSSR count). The first-order valence-electron chi connectivity index (χ1n) is 5.07. The van der Waals surface area contributed by atoms with Gasteiger partial charge in [-0.2, -0.15) is 5.26 Å². The highest BCUT2D eigenvalue weighted by Gasteiger charge is 2.04. The molecular weight excluding hydrogens is 188 g/mol. The van der Waals surface area contributed by atoms with E-state index >= 15 is 0 Å². The highest BCUT2D eigenvalue weighted by Crippen LogP contribution is 2.15. The predicted molar refractivity (Wildman–Crippen MR) is 60.7 cm³/mol. The molecule has 0 aromatic heterocycles. The van der Waals surface area contributed by atoms with Crippen LogP contribution in [0.4, 0.5) is 5.69 Å². The van der Waals surface area contributed by atoms with Crippen LogP contribution in [0.25, 0.3) is 0 Å². The van der Waals surface area contributed by atoms with Gasteiger partial charge in [0, 0.05) is 18.8 Å². The fourth-order valence-corrected chi connectivity index (χ4v) is 1.50. The summed E-state index contributed by atoms with van der Waals surface area (Å²) in [6, 6.07) is 10.2. The number of anilines is 1. The molecule has 1 aromatic carbocycles. The first kappa shape index (κ1) is 11.5. The Morgan fingerprint density at radius 1 is 1.40 bits per heavy atom. The van der Waals surface area contributed by atoms with Crippen LogP contribution in [-0.4, -0.2) is 24.8 Å². The second-order valence-electron chi connectivity index (χ2n) is 3.46. The fourth-order valence-electron chi connectivity index (χ4n) is 1.50. The van der Waals surface area contributed by atoms with Gasteiger partial charge in [-0.05, 0) is 24.6 Å². The average molecular weight is 204 g/mol. The van der Waals surface area contributed by atoms with E-state index in [0.29, 0.717) is 19.5 Å². The van der Waals surface area contributed by atoms with Crippen molar-refractivity contribution in [2.45, 2.75) is 13.3 Å². The molecule has 0 fully saturated rings. The lowest BCUT2D eigenvalue weighted by molar-refractivity contribution is 0.302. The van der Waals surface area contributed by atoms with Crippen LogP contribution in [-0.2, 0) is 0 Å². The van der Waals surface area contributed by atoms with E-state index in [-0.39, 0.29) is 6.61 Å². The predicted octanol–water partition coefficient (Wildman–Crippen LogP) is 1.71. The van der Waals surface area contributed by atoms with Crippen LogP contribution in [0.15, 0.2) is 24.3 Å². The molecule has 0 spiro atoms. The Morgan fingerprint density at radius 3 is 2.80 bits per heavy atom. The number of rotatable bonds is 5. The second-order valence-corrected chi connectivity index (χ2v) is 3.46. The average Bonchev–Trinajstić information content (AvgIpc) is 2.24. The highest BCUT2D eigenvalue weighted by atomic mass is 16.3. The van der Waals surface area contributed by atoms with Crippen molar-refractivity contribution in [2.24, 2.45) is 0 Å². The van der Waals surface area contributed by atoms with Crippen molar-refractivity contribution in [2.75, 3.05) is 24.6 Å². The summed E-state index contributed by atoms with van der Waals surface area (Å²) >= 11 is 0. The Bertz CT molecular complexity index is 344. The molecule has 0 aliphatic rings. The van der Waals surface area contributed by atoms with Crippen molar-refractivity contribution in [3.05, 3.63) is 29.8 Å². The number of aryl methyl sites for hydroxylation is 1. The third-order valence-corrected chi connectivity index (χ3v) is 2.23. The van der Waals surface area contributed by atoms with Gasteiger partial charge in [0.1, 0.15) is 0 Å². The molecule has 0 bridgehead atoms. The van der Waals surface area contributed by atoms with Crippen molar-refractivity contribution >= 4 is 5.69 Å². The molecule has 0 radical (unpaired) electrons. The van der Waals surface area contributed by atoms with Gasteiger partial charge in [-0.25, -0.2) is 0 Å². The lowest BCUT2D eigenvalue weighted by atomic mass is 10.2. The second kappa shape index (κ2) is 6.05. The third-order valence-electron chi connectivity index (χ3n) is 2.23. The van der Waals surface area contributed by atoms with Crippen LogP contribution >= 0.6 is 0 Å². The molecular formula is C12H16N2O. The largest absolute Gasteiger partial charge is 0.395 e. The maximum absolute atomic E-state index is 8.94. The van der Waals surface area contributed by atoms with E-state index in [2.05, 4.69) is 12.1 Å². The monoisotopic (exact) mass is 204 g/mol. The van der Waals surface area contributed by atoms with Crippen LogP contribution in [0.2, 0.25) is 0 Å². The van der Waals surface area contributed by atoms with Gasteiger partial charge in [0.25, 0.3) is 0 Å². The molecule has 0 aliphatic carbocycles. The molecule has 0 heterocycles. The number of nitriles is 1. The Hall–Kier alpha value is -1.53. The summed E-state index contributed by atoms with van der Waals surface area (Å²) in [4.78, 5) is 2.02. The van der Waals surface area contributed by atoms with Crippen molar-refractivity contribution in [3.63, 3.8) is 0 Å². The molecule has 3 heteroatoms. The van der Waals surface area contributed by atoms with E-state index in [9.17, 15) is 0 Å². The first-order valence-corrected chi connectivity index (χ1v) is 5.07. The molecule has 0 saturated heterocycles. The van der Waals surface area contributed by atoms with E-state index in [4.69, 9.17) is 10.4 Å². The Balaban J connectivity index is 2.74. The minimum absolute atomic E-state index is 0.110. The SMILES string of the molecule is Cc1cccc(N(CCO)CCC#N)c1. The number of hydrogen-bond acceptors (Lipinski definition) is 3. The van der Waals surface area contributed by atoms with Gasteiger partial charge in [-0.3, -0.25) is 0 Å². The number of aliphatic hydroxyl groups is 1. The molecule has 3 nitrogen and oxygen atoms in total. The maximum Gasteiger partial charge on any atom is 0.0640 e. The van der Waals surface area contributed by atoms with E-state index in [0.717, 1.165) is 5.69 Å². The summed E-state index contributed by atoms with van der Waals surface area (Å²) in [5, 5.41) is 17.5. The van der Waals surface area contributed by atoms with Crippen molar-refractivity contribution in [3.8, 4) is 6.07 Å². The summed E-state index contributed by atoms with van der Waals surface area (Å²) in [7, 11) is 0. The molecule has 0 unspecified atom stereocenters.